The standard InChI is InChI=1S/C14H27NO.C12H27NOSi2.C10H23NOSi2.C10H21NOSi.C9H17NO.C8H17NOSi.2C8H15NO.C7H13NO.C6H11NO.C5H8N2O3/c1-8-9-15-11(13(2,3)4)10-12(16)14(5,6)7;1-8-9-13-11(15(2,3)4)10-12(14)16(5,6)7;1-11-9(13(2,3)4)8-10(12)14(5,6)7;1-6-7-11-9(2)8-10(12)13(3,4)5;1-5-6-10-8(3)7(2)9(4)11;1-7(9-2)6-8(10)11(3,4)5;2*1-4-5-9-7(2)6-8(3)10;1-4-8-6(2)5-7(3)9;1-5(7-3)4-6(2)8;1-3(6)5(4(2)8)7(9)10/h2*8-10H2,1-7H3;8H2,1-7H3;6-8H2,1-5H3;7H,5-6H2,1-4H3;6H2,1-5H3;2*4-6H2,1-3H3;4-5H2,1-3H3;4H2,1-3H3;5-6H,1-2H3. The Kier molecular flexibility index (Phi) is 88.0. The number of nitro groups is 1. The number of ketones is 7. The van der Waals surface area contributed by atoms with Crippen molar-refractivity contribution in [2.45, 2.75) is 414 Å². The Hall–Kier alpha value is -6.56. The molecule has 0 radical (unpaired) electrons. The van der Waals surface area contributed by atoms with E-state index in [-0.39, 0.29) is 57.2 Å². The molecular formula is C97H194N12O13Si6. The maximum absolute atomic E-state index is 12.1. The van der Waals surface area contributed by atoms with E-state index in [1.807, 2.05) is 90.1 Å². The lowest BCUT2D eigenvalue weighted by Gasteiger charge is -2.24. The SMILES string of the molecule is CC(=N)C(C(C)=O)[N+](=O)[O-].CCCN=C(C)C(C)C(C)=O.CCCN=C(C)CC(=O)[Si](C)(C)C.CCCN=C(C)CC(C)=O.CCCN=C(C)CC(C)=O.CCCN=C(CC(=O)C(C)(C)C)C(C)(C)C.CCCN=C(CC(=O)[Si](C)(C)C)[Si](C)(C)C.CCN=C(C)CC(C)=O.CN=C(C)CC(=O)[Si](C)(C)C.CN=C(C)CC(C)=O.CN=C(CC(=O)[Si](C)(C)C)[Si](C)(C)C. The molecule has 31 heteroatoms. The summed E-state index contributed by atoms with van der Waals surface area (Å²) < 4.78 is 0. The second-order valence-electron chi connectivity index (χ2n) is 40.7. The van der Waals surface area contributed by atoms with Gasteiger partial charge >= 0.3 is 6.04 Å². The van der Waals surface area contributed by atoms with Gasteiger partial charge in [0.1, 0.15) is 88.6 Å². The summed E-state index contributed by atoms with van der Waals surface area (Å²) in [6.45, 7) is 96.8. The number of carbonyl (C=O) groups excluding carboxylic acids is 11. The highest BCUT2D eigenvalue weighted by Gasteiger charge is 2.33. The Morgan fingerprint density at radius 1 is 0.320 bits per heavy atom. The maximum atomic E-state index is 12.1. The lowest BCUT2D eigenvalue weighted by molar-refractivity contribution is -0.488. The number of carbonyl (C=O) groups is 11. The fraction of sp³-hybridized carbons (Fsp3) is 0.773. The van der Waals surface area contributed by atoms with Crippen LogP contribution in [0.4, 0.5) is 0 Å². The van der Waals surface area contributed by atoms with Gasteiger partial charge in [-0.25, -0.2) is 0 Å². The van der Waals surface area contributed by atoms with Crippen molar-refractivity contribution in [3.05, 3.63) is 10.1 Å². The lowest BCUT2D eigenvalue weighted by Crippen LogP contribution is -2.41. The summed E-state index contributed by atoms with van der Waals surface area (Å²) >= 11 is 0. The van der Waals surface area contributed by atoms with Crippen molar-refractivity contribution in [2.75, 3.05) is 67.0 Å². The monoisotopic (exact) mass is 1900 g/mol. The summed E-state index contributed by atoms with van der Waals surface area (Å²) in [5.74, 6) is 0.617. The van der Waals surface area contributed by atoms with Crippen molar-refractivity contribution in [3.63, 3.8) is 0 Å². The second-order valence-corrected chi connectivity index (χ2v) is 71.0. The van der Waals surface area contributed by atoms with Gasteiger partial charge in [0.15, 0.2) is 0 Å². The quantitative estimate of drug-likeness (QED) is 0.0257. The van der Waals surface area contributed by atoms with Crippen LogP contribution in [0.5, 0.6) is 0 Å². The molecule has 0 spiro atoms. The third-order valence-corrected chi connectivity index (χ3v) is 29.4. The minimum Gasteiger partial charge on any atom is -0.305 e. The van der Waals surface area contributed by atoms with Crippen molar-refractivity contribution >= 4 is 173 Å². The molecule has 25 nitrogen and oxygen atoms in total. The molecule has 0 aliphatic rings. The van der Waals surface area contributed by atoms with Crippen LogP contribution >= 0.6 is 0 Å². The number of hydrogen-bond donors (Lipinski definition) is 1. The molecule has 1 N–H and O–H groups in total. The average Bonchev–Trinajstić information content (AvgIpc) is 0.810. The van der Waals surface area contributed by atoms with Crippen LogP contribution in [-0.4, -0.2) is 251 Å². The average molecular weight is 1910 g/mol. The normalized spacial score (nSPS) is 13.2. The molecule has 0 aliphatic carbocycles. The molecule has 0 saturated carbocycles. The topological polar surface area (TPSA) is 378 Å². The van der Waals surface area contributed by atoms with Crippen LogP contribution in [0.25, 0.3) is 0 Å². The van der Waals surface area contributed by atoms with Gasteiger partial charge in [0, 0.05) is 204 Å². The molecule has 0 rings (SSSR count). The fourth-order valence-corrected chi connectivity index (χ4v) is 14.8. The van der Waals surface area contributed by atoms with Crippen LogP contribution in [0.1, 0.15) is 290 Å². The third kappa shape index (κ3) is 98.5. The molecule has 0 aromatic carbocycles. The summed E-state index contributed by atoms with van der Waals surface area (Å²) in [6.07, 6.45) is 11.1. The highest BCUT2D eigenvalue weighted by molar-refractivity contribution is 7.10. The van der Waals surface area contributed by atoms with Gasteiger partial charge in [-0.05, 0) is 135 Å². The molecule has 0 amide bonds. The van der Waals surface area contributed by atoms with E-state index in [4.69, 9.17) is 5.41 Å². The summed E-state index contributed by atoms with van der Waals surface area (Å²) in [4.78, 5) is 174. The fourth-order valence-electron chi connectivity index (χ4n) is 8.87. The summed E-state index contributed by atoms with van der Waals surface area (Å²) in [6, 6.07) is -1.44. The van der Waals surface area contributed by atoms with Crippen LogP contribution in [0.3, 0.4) is 0 Å². The molecule has 0 bridgehead atoms. The van der Waals surface area contributed by atoms with Crippen molar-refractivity contribution < 1.29 is 57.7 Å². The Balaban J connectivity index is -0.000000132. The van der Waals surface area contributed by atoms with Crippen molar-refractivity contribution in [2.24, 2.45) is 66.7 Å². The van der Waals surface area contributed by atoms with E-state index < -0.39 is 65.2 Å². The minimum absolute atomic E-state index is 0.00144. The van der Waals surface area contributed by atoms with Gasteiger partial charge in [-0.1, -0.05) is 208 Å². The van der Waals surface area contributed by atoms with Gasteiger partial charge in [-0.3, -0.25) is 88.6 Å². The summed E-state index contributed by atoms with van der Waals surface area (Å²) in [5.41, 5.74) is 7.18. The first-order valence-electron chi connectivity index (χ1n) is 46.0. The lowest BCUT2D eigenvalue weighted by atomic mass is 9.81. The first-order valence-corrected chi connectivity index (χ1v) is 67.0. The molecule has 0 saturated heterocycles. The Morgan fingerprint density at radius 3 is 0.797 bits per heavy atom. The predicted octanol–water partition coefficient (Wildman–Crippen LogP) is 23.3. The summed E-state index contributed by atoms with van der Waals surface area (Å²) in [5, 5.41) is 20.9. The smallest absolute Gasteiger partial charge is 0.305 e. The van der Waals surface area contributed by atoms with Crippen LogP contribution in [0.15, 0.2) is 49.9 Å². The van der Waals surface area contributed by atoms with E-state index >= 15 is 0 Å². The van der Waals surface area contributed by atoms with Crippen LogP contribution in [0, 0.1) is 32.3 Å². The number of Topliss-reactive ketones (excluding diaryl/α,β-unsaturated/α-hetero) is 7. The number of nitrogens with one attached hydrogen (secondary N) is 1. The van der Waals surface area contributed by atoms with Gasteiger partial charge in [-0.15, -0.1) is 0 Å². The highest BCUT2D eigenvalue weighted by atomic mass is 28.3. The van der Waals surface area contributed by atoms with Crippen molar-refractivity contribution in [1.29, 1.82) is 5.41 Å². The summed E-state index contributed by atoms with van der Waals surface area (Å²) in [7, 11) is -3.96. The maximum Gasteiger partial charge on any atom is 0.306 e. The van der Waals surface area contributed by atoms with Crippen molar-refractivity contribution in [1.82, 2.24) is 0 Å². The zero-order chi connectivity index (χ0) is 104. The Bertz CT molecular complexity index is 3520. The zero-order valence-electron chi connectivity index (χ0n) is 91.4. The first-order chi connectivity index (χ1) is 57.7. The Labute approximate surface area is 788 Å². The largest absolute Gasteiger partial charge is 0.306 e. The van der Waals surface area contributed by atoms with Gasteiger partial charge in [-0.2, -0.15) is 0 Å². The molecule has 0 aliphatic heterocycles. The molecule has 744 valence electrons. The van der Waals surface area contributed by atoms with Crippen LogP contribution in [-0.2, 0) is 52.7 Å². The van der Waals surface area contributed by atoms with Gasteiger partial charge < -0.3 is 29.6 Å². The van der Waals surface area contributed by atoms with Gasteiger partial charge in [0.25, 0.3) is 0 Å². The molecule has 2 unspecified atom stereocenters. The number of rotatable bonds is 42. The minimum atomic E-state index is -1.64. The molecular weight excluding hydrogens is 1710 g/mol. The number of aliphatic imine (C=N–C) groups is 10. The Morgan fingerprint density at radius 2 is 0.578 bits per heavy atom. The molecule has 0 aromatic rings. The van der Waals surface area contributed by atoms with Gasteiger partial charge in [0.05, 0.1) is 27.8 Å². The third-order valence-electron chi connectivity index (χ3n) is 17.8. The van der Waals surface area contributed by atoms with E-state index in [1.54, 1.807) is 48.7 Å². The van der Waals surface area contributed by atoms with E-state index in [0.717, 1.165) is 142 Å². The number of nitrogens with zero attached hydrogens (tertiary/aromatic N) is 11. The molecule has 0 fully saturated rings. The van der Waals surface area contributed by atoms with Gasteiger partial charge in [0.2, 0.25) is 5.78 Å². The number of hydrogen-bond acceptors (Lipinski definition) is 24. The van der Waals surface area contributed by atoms with E-state index in [2.05, 4.69) is 230 Å². The molecule has 0 heterocycles. The first kappa shape index (κ1) is 144. The molecule has 2 atom stereocenters. The highest BCUT2D eigenvalue weighted by Crippen LogP contribution is 2.25. The second kappa shape index (κ2) is 78.0. The molecule has 0 aromatic heterocycles. The van der Waals surface area contributed by atoms with E-state index in [9.17, 15) is 62.9 Å². The van der Waals surface area contributed by atoms with E-state index in [1.165, 1.54) is 12.3 Å². The van der Waals surface area contributed by atoms with E-state index in [0.29, 0.717) is 79.4 Å². The zero-order valence-corrected chi connectivity index (χ0v) is 97.4. The predicted molar refractivity (Wildman–Crippen MR) is 576 cm³/mol. The van der Waals surface area contributed by atoms with Crippen molar-refractivity contribution in [3.8, 4) is 0 Å². The van der Waals surface area contributed by atoms with Crippen LogP contribution in [0.2, 0.25) is 118 Å². The molecule has 128 heavy (non-hydrogen) atoms. The van der Waals surface area contributed by atoms with Crippen LogP contribution < -0.4 is 0 Å².